The van der Waals surface area contributed by atoms with E-state index in [2.05, 4.69) is 26.1 Å². The van der Waals surface area contributed by atoms with Crippen molar-refractivity contribution < 1.29 is 24.1 Å². The lowest BCUT2D eigenvalue weighted by Crippen LogP contribution is -2.44. The quantitative estimate of drug-likeness (QED) is 0.533. The molecule has 1 aliphatic rings. The van der Waals surface area contributed by atoms with Crippen LogP contribution < -0.4 is 9.88 Å². The van der Waals surface area contributed by atoms with Crippen molar-refractivity contribution in [3.8, 4) is 5.75 Å². The average Bonchev–Trinajstić information content (AvgIpc) is 2.95. The number of nitrogens with zero attached hydrogens (tertiary/aromatic N) is 2. The standard InChI is InChI=1S/C23H25N3O4S/c1-23(2,3)17-8-6-16(7-9-17)13-19-21(29)26(22(30)31-19)12-10-24-20(28)15-25-11-4-5-18(27)14-25/h4-9,11,13-14H,10,12,15H2,1-3H3,(H-,24,27,28)/p+1/b19-13-. The SMILES string of the molecule is CC(C)(C)c1ccc(/C=C2\SC(=O)N(CCNC(=O)C[n+]3cccc(O)c3)C2=O)cc1. The first-order valence-corrected chi connectivity index (χ1v) is 10.8. The number of carbonyl (C=O) groups is 3. The van der Waals surface area contributed by atoms with Crippen LogP contribution in [0.1, 0.15) is 31.9 Å². The first-order valence-electron chi connectivity index (χ1n) is 9.94. The second kappa shape index (κ2) is 9.34. The van der Waals surface area contributed by atoms with Crippen molar-refractivity contribution in [3.63, 3.8) is 0 Å². The number of hydrogen-bond donors (Lipinski definition) is 2. The fraction of sp³-hybridized carbons (Fsp3) is 0.304. The van der Waals surface area contributed by atoms with Gasteiger partial charge in [0.15, 0.2) is 11.9 Å². The summed E-state index contributed by atoms with van der Waals surface area (Å²) in [6.07, 6.45) is 4.82. The predicted octanol–water partition coefficient (Wildman–Crippen LogP) is 2.83. The van der Waals surface area contributed by atoms with Crippen molar-refractivity contribution in [1.29, 1.82) is 0 Å². The summed E-state index contributed by atoms with van der Waals surface area (Å²) in [6.45, 7) is 6.68. The van der Waals surface area contributed by atoms with E-state index >= 15 is 0 Å². The maximum absolute atomic E-state index is 12.6. The van der Waals surface area contributed by atoms with Crippen molar-refractivity contribution in [2.75, 3.05) is 13.1 Å². The number of aromatic hydroxyl groups is 1. The first kappa shape index (κ1) is 22.6. The van der Waals surface area contributed by atoms with E-state index in [4.69, 9.17) is 0 Å². The molecule has 7 nitrogen and oxygen atoms in total. The lowest BCUT2D eigenvalue weighted by Gasteiger charge is -2.18. The number of amides is 3. The van der Waals surface area contributed by atoms with Gasteiger partial charge in [0.25, 0.3) is 17.1 Å². The van der Waals surface area contributed by atoms with Gasteiger partial charge < -0.3 is 10.4 Å². The Bertz CT molecular complexity index is 1030. The second-order valence-corrected chi connectivity index (χ2v) is 9.28. The zero-order valence-corrected chi connectivity index (χ0v) is 18.6. The molecule has 2 heterocycles. The molecule has 0 unspecified atom stereocenters. The molecule has 1 aliphatic heterocycles. The van der Waals surface area contributed by atoms with Crippen molar-refractivity contribution in [2.24, 2.45) is 0 Å². The Morgan fingerprint density at radius 3 is 2.55 bits per heavy atom. The van der Waals surface area contributed by atoms with Crippen LogP contribution in [0.3, 0.4) is 0 Å². The van der Waals surface area contributed by atoms with Gasteiger partial charge in [-0.2, -0.15) is 4.57 Å². The molecule has 162 valence electrons. The minimum atomic E-state index is -0.355. The van der Waals surface area contributed by atoms with Crippen LogP contribution in [0.2, 0.25) is 0 Å². The van der Waals surface area contributed by atoms with Gasteiger partial charge in [0.05, 0.1) is 4.91 Å². The number of aromatic nitrogens is 1. The fourth-order valence-corrected chi connectivity index (χ4v) is 3.92. The summed E-state index contributed by atoms with van der Waals surface area (Å²) in [5.41, 5.74) is 2.09. The molecule has 8 heteroatoms. The molecule has 31 heavy (non-hydrogen) atoms. The summed E-state index contributed by atoms with van der Waals surface area (Å²) in [5.74, 6) is -0.573. The molecule has 1 aromatic carbocycles. The Balaban J connectivity index is 1.55. The van der Waals surface area contributed by atoms with Gasteiger partial charge in [-0.1, -0.05) is 45.0 Å². The molecule has 0 spiro atoms. The molecular formula is C23H26N3O4S+. The summed E-state index contributed by atoms with van der Waals surface area (Å²) in [4.78, 5) is 38.4. The number of imide groups is 1. The lowest BCUT2D eigenvalue weighted by atomic mass is 9.87. The number of nitrogens with one attached hydrogen (secondary N) is 1. The van der Waals surface area contributed by atoms with Crippen LogP contribution in [0.25, 0.3) is 6.08 Å². The molecule has 0 radical (unpaired) electrons. The van der Waals surface area contributed by atoms with Gasteiger partial charge >= 0.3 is 0 Å². The van der Waals surface area contributed by atoms with Crippen LogP contribution in [0.15, 0.2) is 53.7 Å². The second-order valence-electron chi connectivity index (χ2n) is 8.29. The summed E-state index contributed by atoms with van der Waals surface area (Å²) >= 11 is 0.903. The highest BCUT2D eigenvalue weighted by Crippen LogP contribution is 2.32. The maximum Gasteiger partial charge on any atom is 0.293 e. The van der Waals surface area contributed by atoms with Gasteiger partial charge in [-0.05, 0) is 40.4 Å². The summed E-state index contributed by atoms with van der Waals surface area (Å²) in [6, 6.07) is 11.1. The molecular weight excluding hydrogens is 414 g/mol. The highest BCUT2D eigenvalue weighted by molar-refractivity contribution is 8.18. The van der Waals surface area contributed by atoms with Gasteiger partial charge in [-0.3, -0.25) is 19.3 Å². The molecule has 2 N–H and O–H groups in total. The van der Waals surface area contributed by atoms with Crippen molar-refractivity contribution >= 4 is 34.9 Å². The first-order chi connectivity index (χ1) is 14.6. The maximum atomic E-state index is 12.6. The zero-order chi connectivity index (χ0) is 22.6. The monoisotopic (exact) mass is 440 g/mol. The van der Waals surface area contributed by atoms with Crippen molar-refractivity contribution in [2.45, 2.75) is 32.7 Å². The van der Waals surface area contributed by atoms with Crippen LogP contribution in [-0.4, -0.2) is 40.1 Å². The van der Waals surface area contributed by atoms with E-state index in [-0.39, 0.29) is 47.9 Å². The Hall–Kier alpha value is -3.13. The Labute approximate surface area is 185 Å². The minimum absolute atomic E-state index is 0.0285. The molecule has 3 amide bonds. The minimum Gasteiger partial charge on any atom is -0.503 e. The number of rotatable bonds is 6. The van der Waals surface area contributed by atoms with Crippen LogP contribution in [-0.2, 0) is 21.5 Å². The third kappa shape index (κ3) is 5.95. The molecule has 0 saturated carbocycles. The smallest absolute Gasteiger partial charge is 0.293 e. The van der Waals surface area contributed by atoms with Crippen molar-refractivity contribution in [1.82, 2.24) is 10.2 Å². The van der Waals surface area contributed by atoms with Gasteiger partial charge in [0.2, 0.25) is 12.7 Å². The molecule has 1 fully saturated rings. The van der Waals surface area contributed by atoms with E-state index in [0.717, 1.165) is 22.2 Å². The number of thioether (sulfide) groups is 1. The zero-order valence-electron chi connectivity index (χ0n) is 17.8. The van der Waals surface area contributed by atoms with E-state index in [9.17, 15) is 19.5 Å². The Kier molecular flexibility index (Phi) is 6.80. The van der Waals surface area contributed by atoms with Gasteiger partial charge in [0, 0.05) is 19.2 Å². The predicted molar refractivity (Wildman–Crippen MR) is 119 cm³/mol. The van der Waals surface area contributed by atoms with E-state index in [1.165, 1.54) is 17.8 Å². The van der Waals surface area contributed by atoms with Gasteiger partial charge in [0.1, 0.15) is 0 Å². The van der Waals surface area contributed by atoms with Crippen LogP contribution in [0.4, 0.5) is 4.79 Å². The summed E-state index contributed by atoms with van der Waals surface area (Å²) in [7, 11) is 0. The van der Waals surface area contributed by atoms with Crippen LogP contribution in [0.5, 0.6) is 5.75 Å². The normalized spacial score (nSPS) is 15.6. The van der Waals surface area contributed by atoms with E-state index in [1.807, 2.05) is 24.3 Å². The Morgan fingerprint density at radius 1 is 1.19 bits per heavy atom. The largest absolute Gasteiger partial charge is 0.503 e. The molecule has 0 bridgehead atoms. The number of hydrogen-bond acceptors (Lipinski definition) is 5. The van der Waals surface area contributed by atoms with E-state index < -0.39 is 0 Å². The van der Waals surface area contributed by atoms with Crippen LogP contribution in [0, 0.1) is 0 Å². The molecule has 0 atom stereocenters. The molecule has 1 saturated heterocycles. The van der Waals surface area contributed by atoms with Gasteiger partial charge in [-0.25, -0.2) is 0 Å². The third-order valence-corrected chi connectivity index (χ3v) is 5.68. The highest BCUT2D eigenvalue weighted by atomic mass is 32.2. The van der Waals surface area contributed by atoms with E-state index in [1.54, 1.807) is 22.9 Å². The van der Waals surface area contributed by atoms with Gasteiger partial charge in [-0.15, -0.1) is 0 Å². The average molecular weight is 441 g/mol. The van der Waals surface area contributed by atoms with E-state index in [0.29, 0.717) is 4.91 Å². The molecule has 2 aromatic rings. The Morgan fingerprint density at radius 2 is 1.90 bits per heavy atom. The lowest BCUT2D eigenvalue weighted by molar-refractivity contribution is -0.684. The third-order valence-electron chi connectivity index (χ3n) is 4.77. The number of carbonyl (C=O) groups excluding carboxylic acids is 3. The summed E-state index contributed by atoms with van der Waals surface area (Å²) < 4.78 is 1.54. The molecule has 0 aliphatic carbocycles. The molecule has 1 aromatic heterocycles. The highest BCUT2D eigenvalue weighted by Gasteiger charge is 2.34. The summed E-state index contributed by atoms with van der Waals surface area (Å²) in [5, 5.41) is 11.8. The van der Waals surface area contributed by atoms with Crippen LogP contribution >= 0.6 is 11.8 Å². The number of benzene rings is 1. The topological polar surface area (TPSA) is 90.6 Å². The van der Waals surface area contributed by atoms with Crippen molar-refractivity contribution in [3.05, 3.63) is 64.8 Å². The fourth-order valence-electron chi connectivity index (χ4n) is 3.06. The number of pyridine rings is 1. The molecule has 3 rings (SSSR count).